The minimum atomic E-state index is -0.411. The summed E-state index contributed by atoms with van der Waals surface area (Å²) < 4.78 is 16.8. The van der Waals surface area contributed by atoms with E-state index in [9.17, 15) is 9.59 Å². The largest absolute Gasteiger partial charge is 0.493 e. The summed E-state index contributed by atoms with van der Waals surface area (Å²) in [5.74, 6) is 1.14. The molecule has 0 spiro atoms. The summed E-state index contributed by atoms with van der Waals surface area (Å²) in [6.07, 6.45) is 2.06. The number of aryl methyl sites for hydroxylation is 1. The Kier molecular flexibility index (Phi) is 6.43. The number of Topliss-reactive ketones (excluding diaryl/α,β-unsaturated/α-hetero) is 1. The number of anilines is 1. The van der Waals surface area contributed by atoms with Crippen LogP contribution in [0.15, 0.2) is 47.7 Å². The summed E-state index contributed by atoms with van der Waals surface area (Å²) in [5.41, 5.74) is 3.98. The van der Waals surface area contributed by atoms with Crippen LogP contribution >= 0.6 is 0 Å². The summed E-state index contributed by atoms with van der Waals surface area (Å²) in [7, 11) is 4.69. The second-order valence-electron chi connectivity index (χ2n) is 9.69. The highest BCUT2D eigenvalue weighted by Gasteiger charge is 2.45. The Bertz CT molecular complexity index is 1160. The topological polar surface area (TPSA) is 65.1 Å². The molecular formula is C28H33NO5. The fourth-order valence-electron chi connectivity index (χ4n) is 5.39. The molecule has 6 heteroatoms. The predicted molar refractivity (Wildman–Crippen MR) is 132 cm³/mol. The third-order valence-electron chi connectivity index (χ3n) is 6.87. The Hall–Kier alpha value is -3.28. The third kappa shape index (κ3) is 3.95. The number of hydrogen-bond donors (Lipinski definition) is 0. The van der Waals surface area contributed by atoms with Crippen LogP contribution in [0.1, 0.15) is 57.1 Å². The highest BCUT2D eigenvalue weighted by molar-refractivity contribution is 6.08. The fraction of sp³-hybridized carbons (Fsp3) is 0.429. The van der Waals surface area contributed by atoms with Crippen molar-refractivity contribution in [1.82, 2.24) is 0 Å². The monoisotopic (exact) mass is 463 g/mol. The number of benzene rings is 2. The molecule has 180 valence electrons. The zero-order chi connectivity index (χ0) is 24.6. The maximum Gasteiger partial charge on any atom is 0.232 e. The number of nitrogens with zero attached hydrogens (tertiary/aromatic N) is 1. The van der Waals surface area contributed by atoms with Crippen molar-refractivity contribution in [3.8, 4) is 17.2 Å². The Morgan fingerprint density at radius 2 is 1.65 bits per heavy atom. The summed E-state index contributed by atoms with van der Waals surface area (Å²) >= 11 is 0. The number of para-hydroxylation sites is 1. The van der Waals surface area contributed by atoms with E-state index in [4.69, 9.17) is 14.2 Å². The van der Waals surface area contributed by atoms with Gasteiger partial charge in [0.15, 0.2) is 17.3 Å². The zero-order valence-electron chi connectivity index (χ0n) is 20.9. The van der Waals surface area contributed by atoms with Crippen LogP contribution in [-0.4, -0.2) is 33.0 Å². The minimum Gasteiger partial charge on any atom is -0.493 e. The molecule has 1 aliphatic carbocycles. The average Bonchev–Trinajstić information content (AvgIpc) is 2.81. The molecule has 6 nitrogen and oxygen atoms in total. The highest BCUT2D eigenvalue weighted by atomic mass is 16.5. The van der Waals surface area contributed by atoms with Gasteiger partial charge in [-0.25, -0.2) is 0 Å². The van der Waals surface area contributed by atoms with Gasteiger partial charge in [-0.05, 0) is 36.0 Å². The van der Waals surface area contributed by atoms with E-state index in [0.717, 1.165) is 28.9 Å². The Balaban J connectivity index is 1.96. The van der Waals surface area contributed by atoms with Crippen molar-refractivity contribution in [2.24, 2.45) is 5.41 Å². The molecule has 0 unspecified atom stereocenters. The SMILES string of the molecule is CCc1ccccc1N1C(=O)C[C@H](c2ccc(OC)c(OC)c2OC)C2=C1CC(C)(C)CC2=O. The van der Waals surface area contributed by atoms with Crippen LogP contribution in [0.25, 0.3) is 0 Å². The first-order valence-corrected chi connectivity index (χ1v) is 11.7. The molecule has 4 rings (SSSR count). The Morgan fingerprint density at radius 1 is 0.941 bits per heavy atom. The lowest BCUT2D eigenvalue weighted by atomic mass is 9.69. The number of carbonyl (C=O) groups excluding carboxylic acids is 2. The summed E-state index contributed by atoms with van der Waals surface area (Å²) in [5, 5.41) is 0. The van der Waals surface area contributed by atoms with Crippen molar-refractivity contribution in [2.45, 2.75) is 52.4 Å². The van der Waals surface area contributed by atoms with Crippen molar-refractivity contribution >= 4 is 17.4 Å². The maximum atomic E-state index is 13.8. The van der Waals surface area contributed by atoms with E-state index in [2.05, 4.69) is 20.8 Å². The molecule has 1 aliphatic heterocycles. The van der Waals surface area contributed by atoms with Crippen molar-refractivity contribution in [3.05, 3.63) is 58.8 Å². The van der Waals surface area contributed by atoms with Gasteiger partial charge >= 0.3 is 0 Å². The lowest BCUT2D eigenvalue weighted by molar-refractivity contribution is -0.121. The van der Waals surface area contributed by atoms with E-state index in [-0.39, 0.29) is 23.5 Å². The van der Waals surface area contributed by atoms with Gasteiger partial charge in [-0.2, -0.15) is 0 Å². The smallest absolute Gasteiger partial charge is 0.232 e. The van der Waals surface area contributed by atoms with Crippen LogP contribution in [0.2, 0.25) is 0 Å². The average molecular weight is 464 g/mol. The molecule has 2 aromatic rings. The molecule has 34 heavy (non-hydrogen) atoms. The Morgan fingerprint density at radius 3 is 2.29 bits per heavy atom. The van der Waals surface area contributed by atoms with Crippen molar-refractivity contribution in [3.63, 3.8) is 0 Å². The third-order valence-corrected chi connectivity index (χ3v) is 6.87. The van der Waals surface area contributed by atoms with Gasteiger partial charge in [0.25, 0.3) is 0 Å². The standard InChI is InChI=1S/C28H33NO5/c1-7-17-10-8-9-11-20(17)29-21-15-28(2,3)16-22(30)25(21)19(14-24(29)31)18-12-13-23(32-4)27(34-6)26(18)33-5/h8-13,19H,7,14-16H2,1-6H3/t19-/m1/s1. The van der Waals surface area contributed by atoms with Crippen LogP contribution in [0, 0.1) is 5.41 Å². The maximum absolute atomic E-state index is 13.8. The molecule has 2 aliphatic rings. The van der Waals surface area contributed by atoms with Crippen LogP contribution in [-0.2, 0) is 16.0 Å². The van der Waals surface area contributed by atoms with E-state index >= 15 is 0 Å². The fourth-order valence-corrected chi connectivity index (χ4v) is 5.39. The van der Waals surface area contributed by atoms with Crippen molar-refractivity contribution in [2.75, 3.05) is 26.2 Å². The zero-order valence-corrected chi connectivity index (χ0v) is 20.9. The number of ketones is 1. The van der Waals surface area contributed by atoms with Crippen LogP contribution in [0.5, 0.6) is 17.2 Å². The molecule has 0 radical (unpaired) electrons. The summed E-state index contributed by atoms with van der Waals surface area (Å²) in [6.45, 7) is 6.25. The van der Waals surface area contributed by atoms with E-state index in [1.807, 2.05) is 30.3 Å². The second kappa shape index (κ2) is 9.16. The van der Waals surface area contributed by atoms with E-state index in [1.54, 1.807) is 32.3 Å². The normalized spacial score (nSPS) is 19.7. The highest BCUT2D eigenvalue weighted by Crippen LogP contribution is 2.52. The number of allylic oxidation sites excluding steroid dienone is 2. The second-order valence-corrected chi connectivity index (χ2v) is 9.69. The molecule has 1 heterocycles. The van der Waals surface area contributed by atoms with Gasteiger partial charge in [-0.15, -0.1) is 0 Å². The molecule has 0 bridgehead atoms. The number of ether oxygens (including phenoxy) is 3. The van der Waals surface area contributed by atoms with Crippen LogP contribution < -0.4 is 19.1 Å². The van der Waals surface area contributed by atoms with Crippen molar-refractivity contribution < 1.29 is 23.8 Å². The van der Waals surface area contributed by atoms with Gasteiger partial charge in [-0.3, -0.25) is 14.5 Å². The van der Waals surface area contributed by atoms with Gasteiger partial charge in [0.1, 0.15) is 0 Å². The number of rotatable bonds is 6. The van der Waals surface area contributed by atoms with Gasteiger partial charge in [-0.1, -0.05) is 45.0 Å². The van der Waals surface area contributed by atoms with Gasteiger partial charge in [0.05, 0.1) is 27.0 Å². The number of carbonyl (C=O) groups is 2. The van der Waals surface area contributed by atoms with Crippen molar-refractivity contribution in [1.29, 1.82) is 0 Å². The number of methoxy groups -OCH3 is 3. The van der Waals surface area contributed by atoms with Gasteiger partial charge in [0.2, 0.25) is 11.7 Å². The summed E-state index contributed by atoms with van der Waals surface area (Å²) in [6, 6.07) is 11.6. The molecule has 0 N–H and O–H groups in total. The van der Waals surface area contributed by atoms with Gasteiger partial charge in [0, 0.05) is 35.6 Å². The molecular weight excluding hydrogens is 430 g/mol. The quantitative estimate of drug-likeness (QED) is 0.571. The van der Waals surface area contributed by atoms with Crippen LogP contribution in [0.3, 0.4) is 0 Å². The first kappa shape index (κ1) is 23.9. The summed E-state index contributed by atoms with van der Waals surface area (Å²) in [4.78, 5) is 29.2. The first-order valence-electron chi connectivity index (χ1n) is 11.7. The molecule has 0 fully saturated rings. The van der Waals surface area contributed by atoms with E-state index in [1.165, 1.54) is 0 Å². The van der Waals surface area contributed by atoms with Crippen LogP contribution in [0.4, 0.5) is 5.69 Å². The minimum absolute atomic E-state index is 0.0213. The Labute approximate surface area is 201 Å². The lowest BCUT2D eigenvalue weighted by Gasteiger charge is -2.43. The number of hydrogen-bond acceptors (Lipinski definition) is 5. The van der Waals surface area contributed by atoms with Gasteiger partial charge < -0.3 is 14.2 Å². The lowest BCUT2D eigenvalue weighted by Crippen LogP contribution is -2.44. The number of amides is 1. The first-order chi connectivity index (χ1) is 16.3. The molecule has 0 aromatic heterocycles. The molecule has 1 amide bonds. The molecule has 0 saturated heterocycles. The van der Waals surface area contributed by atoms with E-state index < -0.39 is 5.92 Å². The molecule has 0 saturated carbocycles. The molecule has 2 aromatic carbocycles. The molecule has 1 atom stereocenters. The predicted octanol–water partition coefficient (Wildman–Crippen LogP) is 5.44. The van der Waals surface area contributed by atoms with E-state index in [0.29, 0.717) is 35.7 Å².